The molecule has 2 rings (SSSR count). The van der Waals surface area contributed by atoms with Crippen molar-refractivity contribution in [3.63, 3.8) is 0 Å². The van der Waals surface area contributed by atoms with Crippen LogP contribution in [0.5, 0.6) is 0 Å². The fourth-order valence-electron chi connectivity index (χ4n) is 1.93. The van der Waals surface area contributed by atoms with Gasteiger partial charge < -0.3 is 9.73 Å². The molecule has 0 saturated heterocycles. The zero-order valence-electron chi connectivity index (χ0n) is 11.9. The summed E-state index contributed by atoms with van der Waals surface area (Å²) in [7, 11) is 0. The number of aromatic nitrogens is 2. The number of aryl methyl sites for hydroxylation is 2. The molecule has 0 saturated carbocycles. The molecular weight excluding hydrogens is 318 g/mol. The van der Waals surface area contributed by atoms with Crippen molar-refractivity contribution in [3.05, 3.63) is 34.1 Å². The van der Waals surface area contributed by atoms with Crippen LogP contribution in [0.4, 0.5) is 0 Å². The molecule has 0 fully saturated rings. The van der Waals surface area contributed by atoms with E-state index in [1.165, 1.54) is 5.56 Å². The van der Waals surface area contributed by atoms with Crippen molar-refractivity contribution in [3.8, 4) is 11.5 Å². The molecule has 1 aromatic heterocycles. The highest BCUT2D eigenvalue weighted by Crippen LogP contribution is 2.28. The number of hydrogen-bond donors (Lipinski definition) is 1. The van der Waals surface area contributed by atoms with Crippen molar-refractivity contribution < 1.29 is 4.42 Å². The summed E-state index contributed by atoms with van der Waals surface area (Å²) in [5.41, 5.74) is 2.12. The molecule has 20 heavy (non-hydrogen) atoms. The van der Waals surface area contributed by atoms with Gasteiger partial charge in [-0.25, -0.2) is 0 Å². The lowest BCUT2D eigenvalue weighted by atomic mass is 10.1. The number of halogens is 1. The van der Waals surface area contributed by atoms with Gasteiger partial charge in [0.1, 0.15) is 0 Å². The quantitative estimate of drug-likeness (QED) is 0.782. The van der Waals surface area contributed by atoms with Crippen molar-refractivity contribution in [1.29, 1.82) is 0 Å². The third-order valence-corrected chi connectivity index (χ3v) is 3.68. The van der Waals surface area contributed by atoms with E-state index in [-0.39, 0.29) is 0 Å². The van der Waals surface area contributed by atoms with Crippen LogP contribution in [0.1, 0.15) is 31.2 Å². The topological polar surface area (TPSA) is 51.0 Å². The van der Waals surface area contributed by atoms with Crippen molar-refractivity contribution in [2.45, 2.75) is 33.1 Å². The van der Waals surface area contributed by atoms with Crippen LogP contribution < -0.4 is 5.32 Å². The van der Waals surface area contributed by atoms with Crippen LogP contribution in [0.3, 0.4) is 0 Å². The lowest BCUT2D eigenvalue weighted by Crippen LogP contribution is -2.16. The summed E-state index contributed by atoms with van der Waals surface area (Å²) >= 11 is 3.52. The third kappa shape index (κ3) is 4.15. The number of rotatable bonds is 7. The maximum Gasteiger partial charge on any atom is 0.248 e. The molecule has 1 heterocycles. The maximum atomic E-state index is 5.73. The Morgan fingerprint density at radius 1 is 1.25 bits per heavy atom. The molecule has 1 aromatic carbocycles. The van der Waals surface area contributed by atoms with E-state index >= 15 is 0 Å². The highest BCUT2D eigenvalue weighted by molar-refractivity contribution is 9.10. The van der Waals surface area contributed by atoms with Gasteiger partial charge in [-0.05, 0) is 60.9 Å². The van der Waals surface area contributed by atoms with Gasteiger partial charge in [0.25, 0.3) is 0 Å². The van der Waals surface area contributed by atoms with E-state index in [1.54, 1.807) is 0 Å². The minimum Gasteiger partial charge on any atom is -0.421 e. The molecule has 4 nitrogen and oxygen atoms in total. The predicted octanol–water partition coefficient (Wildman–Crippen LogP) is 3.74. The first-order valence-electron chi connectivity index (χ1n) is 7.00. The fraction of sp³-hybridized carbons (Fsp3) is 0.467. The van der Waals surface area contributed by atoms with E-state index in [0.717, 1.165) is 42.4 Å². The monoisotopic (exact) mass is 337 g/mol. The molecule has 0 aliphatic heterocycles. The van der Waals surface area contributed by atoms with Crippen LogP contribution in [-0.2, 0) is 6.42 Å². The van der Waals surface area contributed by atoms with E-state index in [1.807, 2.05) is 25.1 Å². The Balaban J connectivity index is 1.96. The molecule has 0 aliphatic rings. The van der Waals surface area contributed by atoms with Gasteiger partial charge in [-0.3, -0.25) is 0 Å². The van der Waals surface area contributed by atoms with Crippen LogP contribution in [0.2, 0.25) is 0 Å². The first kappa shape index (κ1) is 15.2. The highest BCUT2D eigenvalue weighted by Gasteiger charge is 2.11. The lowest BCUT2D eigenvalue weighted by molar-refractivity contribution is 0.491. The van der Waals surface area contributed by atoms with E-state index in [2.05, 4.69) is 38.4 Å². The zero-order chi connectivity index (χ0) is 14.4. The Labute approximate surface area is 128 Å². The van der Waals surface area contributed by atoms with Gasteiger partial charge >= 0.3 is 0 Å². The van der Waals surface area contributed by atoms with Gasteiger partial charge in [0.15, 0.2) is 0 Å². The van der Waals surface area contributed by atoms with Gasteiger partial charge in [-0.2, -0.15) is 0 Å². The van der Waals surface area contributed by atoms with Crippen LogP contribution in [0.15, 0.2) is 27.1 Å². The summed E-state index contributed by atoms with van der Waals surface area (Å²) in [4.78, 5) is 0. The van der Waals surface area contributed by atoms with Gasteiger partial charge in [0.05, 0.1) is 5.56 Å². The normalized spacial score (nSPS) is 10.9. The number of nitrogens with one attached hydrogen (secondary N) is 1. The van der Waals surface area contributed by atoms with Crippen LogP contribution >= 0.6 is 15.9 Å². The Morgan fingerprint density at radius 3 is 2.90 bits per heavy atom. The van der Waals surface area contributed by atoms with E-state index in [4.69, 9.17) is 4.42 Å². The largest absolute Gasteiger partial charge is 0.421 e. The van der Waals surface area contributed by atoms with Crippen LogP contribution in [0.25, 0.3) is 11.5 Å². The van der Waals surface area contributed by atoms with Crippen molar-refractivity contribution in [2.24, 2.45) is 0 Å². The van der Waals surface area contributed by atoms with Gasteiger partial charge in [0, 0.05) is 10.9 Å². The summed E-state index contributed by atoms with van der Waals surface area (Å²) in [5, 5.41) is 11.6. The molecular formula is C15H20BrN3O. The standard InChI is InChI=1S/C15H20BrN3O/c1-3-8-17-9-4-5-14-18-19-15(20-14)12-10-11(2)6-7-13(12)16/h6-7,10,17H,3-5,8-9H2,1-2H3. The predicted molar refractivity (Wildman–Crippen MR) is 83.7 cm³/mol. The van der Waals surface area contributed by atoms with Crippen molar-refractivity contribution >= 4 is 15.9 Å². The first-order chi connectivity index (χ1) is 9.70. The Morgan fingerprint density at radius 2 is 2.10 bits per heavy atom. The molecule has 0 atom stereocenters. The molecule has 0 unspecified atom stereocenters. The van der Waals surface area contributed by atoms with E-state index in [9.17, 15) is 0 Å². The van der Waals surface area contributed by atoms with Crippen molar-refractivity contribution in [1.82, 2.24) is 15.5 Å². The summed E-state index contributed by atoms with van der Waals surface area (Å²) in [6.07, 6.45) is 2.98. The second-order valence-electron chi connectivity index (χ2n) is 4.84. The fourth-order valence-corrected chi connectivity index (χ4v) is 2.35. The second-order valence-corrected chi connectivity index (χ2v) is 5.69. The highest BCUT2D eigenvalue weighted by atomic mass is 79.9. The summed E-state index contributed by atoms with van der Waals surface area (Å²) in [6.45, 7) is 6.26. The van der Waals surface area contributed by atoms with Crippen LogP contribution in [-0.4, -0.2) is 23.3 Å². The third-order valence-electron chi connectivity index (χ3n) is 2.99. The van der Waals surface area contributed by atoms with E-state index in [0.29, 0.717) is 11.8 Å². The van der Waals surface area contributed by atoms with Gasteiger partial charge in [-0.15, -0.1) is 10.2 Å². The molecule has 0 bridgehead atoms. The van der Waals surface area contributed by atoms with Crippen LogP contribution in [0, 0.1) is 6.92 Å². The lowest BCUT2D eigenvalue weighted by Gasteiger charge is -2.01. The summed E-state index contributed by atoms with van der Waals surface area (Å²) in [5.74, 6) is 1.28. The Bertz CT molecular complexity index is 554. The first-order valence-corrected chi connectivity index (χ1v) is 7.79. The average Bonchev–Trinajstić information content (AvgIpc) is 2.90. The molecule has 2 aromatic rings. The molecule has 0 amide bonds. The molecule has 0 spiro atoms. The SMILES string of the molecule is CCCNCCCc1nnc(-c2cc(C)ccc2Br)o1. The van der Waals surface area contributed by atoms with Crippen molar-refractivity contribution in [2.75, 3.05) is 13.1 Å². The Hall–Kier alpha value is -1.20. The Kier molecular flexibility index (Phi) is 5.73. The van der Waals surface area contributed by atoms with E-state index < -0.39 is 0 Å². The molecule has 108 valence electrons. The summed E-state index contributed by atoms with van der Waals surface area (Å²) in [6, 6.07) is 6.09. The molecule has 1 N–H and O–H groups in total. The number of nitrogens with zero attached hydrogens (tertiary/aromatic N) is 2. The molecule has 5 heteroatoms. The average molecular weight is 338 g/mol. The van der Waals surface area contributed by atoms with Gasteiger partial charge in [0.2, 0.25) is 11.8 Å². The number of benzene rings is 1. The molecule has 0 radical (unpaired) electrons. The molecule has 0 aliphatic carbocycles. The zero-order valence-corrected chi connectivity index (χ0v) is 13.5. The minimum absolute atomic E-state index is 0.581. The van der Waals surface area contributed by atoms with Gasteiger partial charge in [-0.1, -0.05) is 18.6 Å². The number of hydrogen-bond acceptors (Lipinski definition) is 4. The second kappa shape index (κ2) is 7.55. The maximum absolute atomic E-state index is 5.73. The minimum atomic E-state index is 0.581. The smallest absolute Gasteiger partial charge is 0.248 e. The summed E-state index contributed by atoms with van der Waals surface area (Å²) < 4.78 is 6.71.